The zero-order valence-corrected chi connectivity index (χ0v) is 11.9. The van der Waals surface area contributed by atoms with Gasteiger partial charge in [0.05, 0.1) is 21.4 Å². The predicted molar refractivity (Wildman–Crippen MR) is 73.0 cm³/mol. The first kappa shape index (κ1) is 13.5. The van der Waals surface area contributed by atoms with Gasteiger partial charge in [-0.15, -0.1) is 0 Å². The molecule has 1 heterocycles. The number of hydrogen-bond acceptors (Lipinski definition) is 3. The fourth-order valence-corrected chi connectivity index (χ4v) is 2.85. The third-order valence-corrected chi connectivity index (χ3v) is 4.20. The van der Waals surface area contributed by atoms with Crippen LogP contribution < -0.4 is 5.56 Å². The quantitative estimate of drug-likeness (QED) is 0.911. The van der Waals surface area contributed by atoms with E-state index in [1.54, 1.807) is 12.1 Å². The van der Waals surface area contributed by atoms with Gasteiger partial charge in [-0.1, -0.05) is 0 Å². The van der Waals surface area contributed by atoms with Crippen molar-refractivity contribution in [2.75, 3.05) is 0 Å². The van der Waals surface area contributed by atoms with Gasteiger partial charge < -0.3 is 5.11 Å². The van der Waals surface area contributed by atoms with Crippen molar-refractivity contribution in [2.24, 2.45) is 5.92 Å². The average molecular weight is 345 g/mol. The van der Waals surface area contributed by atoms with Gasteiger partial charge >= 0.3 is 0 Å². The van der Waals surface area contributed by atoms with Crippen molar-refractivity contribution in [1.82, 2.24) is 9.78 Å². The minimum absolute atomic E-state index is 0.0468. The molecule has 1 aliphatic rings. The fourth-order valence-electron chi connectivity index (χ4n) is 2.51. The van der Waals surface area contributed by atoms with E-state index in [1.807, 2.05) is 0 Å². The van der Waals surface area contributed by atoms with Gasteiger partial charge in [0.1, 0.15) is 5.75 Å². The van der Waals surface area contributed by atoms with Crippen LogP contribution in [0.25, 0.3) is 10.8 Å². The van der Waals surface area contributed by atoms with E-state index in [-0.39, 0.29) is 36.6 Å². The van der Waals surface area contributed by atoms with Gasteiger partial charge in [-0.25, -0.2) is 13.5 Å². The SMILES string of the molecule is O=c1c2ccc(Br)c(O)c2cnn1CC1CC(F)(F)C1. The zero-order valence-electron chi connectivity index (χ0n) is 10.3. The number of phenolic OH excluding ortho intramolecular Hbond substituents is 1. The van der Waals surface area contributed by atoms with Crippen molar-refractivity contribution in [3.63, 3.8) is 0 Å². The number of hydrogen-bond donors (Lipinski definition) is 1. The third-order valence-electron chi connectivity index (χ3n) is 3.56. The van der Waals surface area contributed by atoms with Gasteiger partial charge in [-0.05, 0) is 34.0 Å². The molecular weight excluding hydrogens is 334 g/mol. The Morgan fingerprint density at radius 3 is 2.75 bits per heavy atom. The average Bonchev–Trinajstić information content (AvgIpc) is 2.35. The summed E-state index contributed by atoms with van der Waals surface area (Å²) in [6.07, 6.45) is 0.975. The minimum Gasteiger partial charge on any atom is -0.506 e. The minimum atomic E-state index is -2.60. The van der Waals surface area contributed by atoms with Crippen molar-refractivity contribution >= 4 is 26.7 Å². The number of nitrogens with zero attached hydrogens (tertiary/aromatic N) is 2. The molecule has 2 aromatic rings. The lowest BCUT2D eigenvalue weighted by Gasteiger charge is -2.34. The molecule has 3 rings (SSSR count). The summed E-state index contributed by atoms with van der Waals surface area (Å²) in [5, 5.41) is 14.5. The predicted octanol–water partition coefficient (Wildman–Crippen LogP) is 2.91. The number of phenols is 1. The Morgan fingerprint density at radius 1 is 1.40 bits per heavy atom. The highest BCUT2D eigenvalue weighted by Gasteiger charge is 2.45. The lowest BCUT2D eigenvalue weighted by molar-refractivity contribution is -0.114. The molecule has 7 heteroatoms. The van der Waals surface area contributed by atoms with Crippen LogP contribution in [0.2, 0.25) is 0 Å². The highest BCUT2D eigenvalue weighted by Crippen LogP contribution is 2.42. The van der Waals surface area contributed by atoms with E-state index in [1.165, 1.54) is 10.9 Å². The number of halogens is 3. The summed E-state index contributed by atoms with van der Waals surface area (Å²) in [4.78, 5) is 12.2. The Labute approximate surface area is 121 Å². The molecule has 0 radical (unpaired) electrons. The summed E-state index contributed by atoms with van der Waals surface area (Å²) in [6.45, 7) is 0.182. The van der Waals surface area contributed by atoms with Gasteiger partial charge in [0.15, 0.2) is 0 Å². The lowest BCUT2D eigenvalue weighted by atomic mass is 9.81. The fraction of sp³-hybridized carbons (Fsp3) is 0.385. The molecule has 1 fully saturated rings. The first-order valence-corrected chi connectivity index (χ1v) is 6.92. The van der Waals surface area contributed by atoms with Crippen LogP contribution in [-0.2, 0) is 6.54 Å². The van der Waals surface area contributed by atoms with Crippen LogP contribution in [0.3, 0.4) is 0 Å². The standard InChI is InChI=1S/C13H11BrF2N2O2/c14-10-2-1-8-9(11(10)19)5-17-18(12(8)20)6-7-3-13(15,16)4-7/h1-2,5,7,19H,3-4,6H2. The van der Waals surface area contributed by atoms with Gasteiger partial charge in [0, 0.05) is 19.4 Å². The van der Waals surface area contributed by atoms with Crippen molar-refractivity contribution < 1.29 is 13.9 Å². The Balaban J connectivity index is 1.96. The van der Waals surface area contributed by atoms with Crippen molar-refractivity contribution in [2.45, 2.75) is 25.3 Å². The van der Waals surface area contributed by atoms with Gasteiger partial charge in [-0.3, -0.25) is 4.79 Å². The molecule has 1 saturated carbocycles. The summed E-state index contributed by atoms with van der Waals surface area (Å²) in [5.41, 5.74) is -0.375. The maximum absolute atomic E-state index is 12.8. The largest absolute Gasteiger partial charge is 0.506 e. The number of aromatic hydroxyl groups is 1. The number of alkyl halides is 2. The smallest absolute Gasteiger partial charge is 0.274 e. The van der Waals surface area contributed by atoms with Crippen LogP contribution in [0.15, 0.2) is 27.6 Å². The Morgan fingerprint density at radius 2 is 2.10 bits per heavy atom. The summed E-state index contributed by atoms with van der Waals surface area (Å²) in [5.74, 6) is -2.88. The Bertz CT molecular complexity index is 737. The number of aromatic nitrogens is 2. The highest BCUT2D eigenvalue weighted by atomic mass is 79.9. The second kappa shape index (κ2) is 4.51. The second-order valence-corrected chi connectivity index (χ2v) is 5.97. The Kier molecular flexibility index (Phi) is 3.04. The van der Waals surface area contributed by atoms with E-state index in [0.717, 1.165) is 0 Å². The second-order valence-electron chi connectivity index (χ2n) is 5.12. The van der Waals surface area contributed by atoms with Crippen LogP contribution in [0.1, 0.15) is 12.8 Å². The van der Waals surface area contributed by atoms with Crippen LogP contribution in [-0.4, -0.2) is 20.8 Å². The van der Waals surface area contributed by atoms with Crippen molar-refractivity contribution in [1.29, 1.82) is 0 Å². The number of fused-ring (bicyclic) bond motifs is 1. The molecule has 1 N–H and O–H groups in total. The monoisotopic (exact) mass is 344 g/mol. The van der Waals surface area contributed by atoms with E-state index in [4.69, 9.17) is 0 Å². The molecule has 1 aromatic carbocycles. The van der Waals surface area contributed by atoms with Gasteiger partial charge in [0.2, 0.25) is 5.92 Å². The van der Waals surface area contributed by atoms with E-state index in [0.29, 0.717) is 15.2 Å². The van der Waals surface area contributed by atoms with Gasteiger partial charge in [-0.2, -0.15) is 5.10 Å². The molecule has 0 aliphatic heterocycles. The summed E-state index contributed by atoms with van der Waals surface area (Å²) in [6, 6.07) is 3.15. The molecule has 0 atom stereocenters. The third kappa shape index (κ3) is 2.19. The topological polar surface area (TPSA) is 55.1 Å². The molecule has 0 spiro atoms. The first-order valence-electron chi connectivity index (χ1n) is 6.12. The van der Waals surface area contributed by atoms with Crippen LogP contribution >= 0.6 is 15.9 Å². The van der Waals surface area contributed by atoms with E-state index >= 15 is 0 Å². The molecule has 20 heavy (non-hydrogen) atoms. The van der Waals surface area contributed by atoms with Crippen molar-refractivity contribution in [3.05, 3.63) is 33.2 Å². The number of benzene rings is 1. The van der Waals surface area contributed by atoms with Gasteiger partial charge in [0.25, 0.3) is 5.56 Å². The maximum Gasteiger partial charge on any atom is 0.274 e. The first-order chi connectivity index (χ1) is 9.37. The Hall–Kier alpha value is -1.50. The van der Waals surface area contributed by atoms with Crippen LogP contribution in [0, 0.1) is 5.92 Å². The molecule has 0 amide bonds. The molecular formula is C13H11BrF2N2O2. The summed E-state index contributed by atoms with van der Waals surface area (Å²) in [7, 11) is 0. The zero-order chi connectivity index (χ0) is 14.5. The molecule has 1 aliphatic carbocycles. The molecule has 4 nitrogen and oxygen atoms in total. The molecule has 106 valence electrons. The molecule has 0 bridgehead atoms. The van der Waals surface area contributed by atoms with E-state index < -0.39 is 5.92 Å². The van der Waals surface area contributed by atoms with Crippen LogP contribution in [0.5, 0.6) is 5.75 Å². The molecule has 0 unspecified atom stereocenters. The number of rotatable bonds is 2. The molecule has 1 aromatic heterocycles. The van der Waals surface area contributed by atoms with Crippen molar-refractivity contribution in [3.8, 4) is 5.75 Å². The highest BCUT2D eigenvalue weighted by molar-refractivity contribution is 9.10. The normalized spacial score (nSPS) is 18.1. The van der Waals surface area contributed by atoms with E-state index in [2.05, 4.69) is 21.0 Å². The van der Waals surface area contributed by atoms with E-state index in [9.17, 15) is 18.7 Å². The summed E-state index contributed by atoms with van der Waals surface area (Å²) < 4.78 is 27.3. The lowest BCUT2D eigenvalue weighted by Crippen LogP contribution is -2.40. The summed E-state index contributed by atoms with van der Waals surface area (Å²) >= 11 is 3.16. The molecule has 0 saturated heterocycles. The van der Waals surface area contributed by atoms with Crippen LogP contribution in [0.4, 0.5) is 8.78 Å². The maximum atomic E-state index is 12.8.